The van der Waals surface area contributed by atoms with Gasteiger partial charge in [0.05, 0.1) is 30.3 Å². The molecule has 8 heteroatoms. The van der Waals surface area contributed by atoms with Crippen LogP contribution in [0.2, 0.25) is 0 Å². The van der Waals surface area contributed by atoms with Crippen LogP contribution in [0.1, 0.15) is 19.4 Å². The minimum absolute atomic E-state index is 0.0751. The van der Waals surface area contributed by atoms with Crippen LogP contribution in [0.5, 0.6) is 11.5 Å². The summed E-state index contributed by atoms with van der Waals surface area (Å²) in [6.07, 6.45) is 1.50. The van der Waals surface area contributed by atoms with Crippen molar-refractivity contribution in [3.63, 3.8) is 0 Å². The third-order valence-electron chi connectivity index (χ3n) is 5.35. The summed E-state index contributed by atoms with van der Waals surface area (Å²) in [7, 11) is 1.58. The van der Waals surface area contributed by atoms with Gasteiger partial charge in [-0.2, -0.15) is 9.78 Å². The summed E-state index contributed by atoms with van der Waals surface area (Å²) < 4.78 is 19.7. The van der Waals surface area contributed by atoms with Crippen molar-refractivity contribution in [2.45, 2.75) is 20.0 Å². The van der Waals surface area contributed by atoms with Gasteiger partial charge < -0.3 is 13.9 Å². The molecule has 5 rings (SSSR count). The van der Waals surface area contributed by atoms with Gasteiger partial charge in [0.25, 0.3) is 5.56 Å². The van der Waals surface area contributed by atoms with E-state index in [1.54, 1.807) is 31.5 Å². The van der Waals surface area contributed by atoms with Crippen LogP contribution in [0.25, 0.3) is 33.5 Å². The molecule has 0 radical (unpaired) electrons. The first-order valence-electron chi connectivity index (χ1n) is 11.0. The summed E-state index contributed by atoms with van der Waals surface area (Å²) in [5.41, 5.74) is 1.60. The molecule has 0 N–H and O–H groups in total. The second-order valence-corrected chi connectivity index (χ2v) is 9.07. The van der Waals surface area contributed by atoms with Gasteiger partial charge in [-0.15, -0.1) is 0 Å². The second kappa shape index (κ2) is 9.38. The molecule has 2 aromatic heterocycles. The van der Waals surface area contributed by atoms with Crippen molar-refractivity contribution in [1.29, 1.82) is 0 Å². The van der Waals surface area contributed by atoms with Gasteiger partial charge in [-0.25, -0.2) is 4.98 Å². The van der Waals surface area contributed by atoms with Crippen molar-refractivity contribution in [3.05, 3.63) is 87.1 Å². The first kappa shape index (κ1) is 22.9. The van der Waals surface area contributed by atoms with E-state index in [0.717, 1.165) is 9.86 Å². The van der Waals surface area contributed by atoms with Gasteiger partial charge in [0, 0.05) is 15.4 Å². The highest BCUT2D eigenvalue weighted by molar-refractivity contribution is 9.10. The number of hydrogen-bond donors (Lipinski definition) is 0. The highest BCUT2D eigenvalue weighted by Crippen LogP contribution is 2.32. The predicted molar refractivity (Wildman–Crippen MR) is 141 cm³/mol. The van der Waals surface area contributed by atoms with Crippen LogP contribution in [0.3, 0.4) is 0 Å². The number of aromatic nitrogens is 2. The van der Waals surface area contributed by atoms with Gasteiger partial charge >= 0.3 is 0 Å². The molecule has 7 nitrogen and oxygen atoms in total. The number of halogens is 1. The van der Waals surface area contributed by atoms with E-state index in [0.29, 0.717) is 45.1 Å². The zero-order valence-electron chi connectivity index (χ0n) is 19.4. The van der Waals surface area contributed by atoms with Crippen LogP contribution >= 0.6 is 15.9 Å². The van der Waals surface area contributed by atoms with Gasteiger partial charge in [0.1, 0.15) is 5.58 Å². The Bertz CT molecular complexity index is 1640. The topological polar surface area (TPSA) is 78.9 Å². The van der Waals surface area contributed by atoms with Crippen molar-refractivity contribution >= 4 is 44.0 Å². The maximum absolute atomic E-state index is 13.5. The number of methoxy groups -OCH3 is 1. The number of fused-ring (bicyclic) bond motifs is 2. The van der Waals surface area contributed by atoms with E-state index in [9.17, 15) is 4.79 Å². The molecule has 0 unspecified atom stereocenters. The Morgan fingerprint density at radius 1 is 1.09 bits per heavy atom. The van der Waals surface area contributed by atoms with Crippen molar-refractivity contribution < 1.29 is 13.9 Å². The standard InChI is InChI=1S/C27H22BrN3O4/c1-16(2)34-25-17(7-6-10-23(25)33-3)15-29-31-26(30-21-9-5-4-8-20(21)27(31)32)24-14-18-13-19(28)11-12-22(18)35-24/h4-16H,1-3H3. The van der Waals surface area contributed by atoms with Gasteiger partial charge in [-0.05, 0) is 62.4 Å². The Morgan fingerprint density at radius 2 is 1.91 bits per heavy atom. The first-order chi connectivity index (χ1) is 16.9. The Kier molecular flexibility index (Phi) is 6.13. The van der Waals surface area contributed by atoms with Crippen molar-refractivity contribution in [2.24, 2.45) is 5.10 Å². The smallest absolute Gasteiger partial charge is 0.282 e. The summed E-state index contributed by atoms with van der Waals surface area (Å²) in [5, 5.41) is 5.88. The fourth-order valence-corrected chi connectivity index (χ4v) is 4.17. The van der Waals surface area contributed by atoms with E-state index in [1.807, 2.05) is 62.4 Å². The van der Waals surface area contributed by atoms with Crippen LogP contribution in [-0.2, 0) is 0 Å². The van der Waals surface area contributed by atoms with Crippen molar-refractivity contribution in [1.82, 2.24) is 9.66 Å². The third kappa shape index (κ3) is 4.44. The Labute approximate surface area is 209 Å². The Morgan fingerprint density at radius 3 is 2.71 bits per heavy atom. The SMILES string of the molecule is COc1cccc(C=Nn2c(-c3cc4cc(Br)ccc4o3)nc3ccccc3c2=O)c1OC(C)C. The summed E-state index contributed by atoms with van der Waals surface area (Å²) in [5.74, 6) is 1.86. The highest BCUT2D eigenvalue weighted by Gasteiger charge is 2.17. The Hall–Kier alpha value is -3.91. The monoisotopic (exact) mass is 531 g/mol. The lowest BCUT2D eigenvalue weighted by Gasteiger charge is -2.15. The lowest BCUT2D eigenvalue weighted by atomic mass is 10.2. The van der Waals surface area contributed by atoms with E-state index in [-0.39, 0.29) is 11.7 Å². The van der Waals surface area contributed by atoms with Crippen LogP contribution in [0, 0.1) is 0 Å². The molecule has 0 spiro atoms. The highest BCUT2D eigenvalue weighted by atomic mass is 79.9. The van der Waals surface area contributed by atoms with E-state index < -0.39 is 0 Å². The van der Waals surface area contributed by atoms with E-state index in [1.165, 1.54) is 4.68 Å². The quantitative estimate of drug-likeness (QED) is 0.242. The summed E-state index contributed by atoms with van der Waals surface area (Å²) in [4.78, 5) is 18.2. The number of nitrogens with zero attached hydrogens (tertiary/aromatic N) is 3. The molecular formula is C27H22BrN3O4. The van der Waals surface area contributed by atoms with Crippen LogP contribution in [0.4, 0.5) is 0 Å². The van der Waals surface area contributed by atoms with Gasteiger partial charge in [0.2, 0.25) is 5.82 Å². The summed E-state index contributed by atoms with van der Waals surface area (Å²) in [6.45, 7) is 3.87. The predicted octanol–water partition coefficient (Wildman–Crippen LogP) is 6.25. The zero-order valence-corrected chi connectivity index (χ0v) is 20.9. The number of para-hydroxylation sites is 2. The average Bonchev–Trinajstić information content (AvgIpc) is 3.27. The fourth-order valence-electron chi connectivity index (χ4n) is 3.79. The van der Waals surface area contributed by atoms with Gasteiger partial charge in [-0.3, -0.25) is 4.79 Å². The maximum Gasteiger partial charge on any atom is 0.282 e. The summed E-state index contributed by atoms with van der Waals surface area (Å²) in [6, 6.07) is 20.2. The molecule has 176 valence electrons. The molecule has 3 aromatic carbocycles. The normalized spacial score (nSPS) is 11.7. The third-order valence-corrected chi connectivity index (χ3v) is 5.84. The molecule has 0 atom stereocenters. The largest absolute Gasteiger partial charge is 0.493 e. The van der Waals surface area contributed by atoms with E-state index in [4.69, 9.17) is 18.9 Å². The Balaban J connectivity index is 1.71. The first-order valence-corrected chi connectivity index (χ1v) is 11.8. The second-order valence-electron chi connectivity index (χ2n) is 8.15. The molecule has 0 amide bonds. The number of benzene rings is 3. The molecule has 0 aliphatic heterocycles. The van der Waals surface area contributed by atoms with Gasteiger partial charge in [0.15, 0.2) is 17.3 Å². The molecule has 0 saturated heterocycles. The maximum atomic E-state index is 13.5. The molecule has 35 heavy (non-hydrogen) atoms. The number of ether oxygens (including phenoxy) is 2. The molecule has 5 aromatic rings. The number of hydrogen-bond acceptors (Lipinski definition) is 6. The summed E-state index contributed by atoms with van der Waals surface area (Å²) >= 11 is 3.48. The van der Waals surface area contributed by atoms with Gasteiger partial charge in [-0.1, -0.05) is 34.1 Å². The molecule has 0 aliphatic carbocycles. The van der Waals surface area contributed by atoms with E-state index >= 15 is 0 Å². The van der Waals surface area contributed by atoms with E-state index in [2.05, 4.69) is 21.0 Å². The lowest BCUT2D eigenvalue weighted by Crippen LogP contribution is -2.20. The van der Waals surface area contributed by atoms with Crippen LogP contribution in [0.15, 0.2) is 85.5 Å². The minimum atomic E-state index is -0.308. The molecule has 0 bridgehead atoms. The molecule has 0 fully saturated rings. The minimum Gasteiger partial charge on any atom is -0.493 e. The zero-order chi connectivity index (χ0) is 24.5. The molecule has 0 saturated carbocycles. The van der Waals surface area contributed by atoms with Crippen molar-refractivity contribution in [2.75, 3.05) is 7.11 Å². The lowest BCUT2D eigenvalue weighted by molar-refractivity contribution is 0.230. The molecular weight excluding hydrogens is 510 g/mol. The number of furan rings is 1. The average molecular weight is 532 g/mol. The number of rotatable bonds is 6. The van der Waals surface area contributed by atoms with Crippen LogP contribution < -0.4 is 15.0 Å². The van der Waals surface area contributed by atoms with Crippen LogP contribution in [-0.4, -0.2) is 29.1 Å². The fraction of sp³-hybridized carbons (Fsp3) is 0.148. The van der Waals surface area contributed by atoms with Crippen molar-refractivity contribution in [3.8, 4) is 23.1 Å². The molecule has 2 heterocycles. The molecule has 0 aliphatic rings.